The Morgan fingerprint density at radius 2 is 1.25 bits per heavy atom. The second-order valence-electron chi connectivity index (χ2n) is 17.9. The van der Waals surface area contributed by atoms with Crippen LogP contribution < -0.4 is 4.90 Å². The number of anilines is 3. The molecular formula is C54H51N. The highest BCUT2D eigenvalue weighted by Crippen LogP contribution is 2.55. The SMILES string of the molecule is CC1(C)c2cc(N(c3ccc(C4CC5CCC4C5)cc3)c3cccc4cc(C5CCCCC5)ccc34)ccc2-c2c(-c3cccc4ccccc34)cccc21. The normalized spacial score (nSPS) is 21.2. The van der Waals surface area contributed by atoms with E-state index in [4.69, 9.17) is 0 Å². The molecule has 0 heterocycles. The Morgan fingerprint density at radius 3 is 2.09 bits per heavy atom. The molecule has 0 amide bonds. The summed E-state index contributed by atoms with van der Waals surface area (Å²) in [5, 5.41) is 5.26. The van der Waals surface area contributed by atoms with Crippen molar-refractivity contribution in [2.75, 3.05) is 4.90 Å². The molecule has 4 aliphatic carbocycles. The maximum atomic E-state index is 2.55. The fraction of sp³-hybridized carbons (Fsp3) is 0.296. The molecule has 0 aromatic heterocycles. The first kappa shape index (κ1) is 33.2. The van der Waals surface area contributed by atoms with Crippen molar-refractivity contribution in [3.63, 3.8) is 0 Å². The van der Waals surface area contributed by atoms with E-state index in [2.05, 4.69) is 158 Å². The van der Waals surface area contributed by atoms with Gasteiger partial charge in [-0.25, -0.2) is 0 Å². The predicted octanol–water partition coefficient (Wildman–Crippen LogP) is 15.4. The van der Waals surface area contributed by atoms with Crippen LogP contribution in [0.15, 0.2) is 140 Å². The monoisotopic (exact) mass is 713 g/mol. The predicted molar refractivity (Wildman–Crippen MR) is 233 cm³/mol. The molecule has 1 nitrogen and oxygen atoms in total. The van der Waals surface area contributed by atoms with Crippen LogP contribution in [0.25, 0.3) is 43.8 Å². The van der Waals surface area contributed by atoms with Crippen molar-refractivity contribution in [1.82, 2.24) is 0 Å². The molecule has 2 bridgehead atoms. The van der Waals surface area contributed by atoms with E-state index in [9.17, 15) is 0 Å². The molecule has 4 aliphatic rings. The van der Waals surface area contributed by atoms with Crippen LogP contribution in [0.2, 0.25) is 0 Å². The summed E-state index contributed by atoms with van der Waals surface area (Å²) in [6, 6.07) is 54.0. The first-order valence-corrected chi connectivity index (χ1v) is 21.2. The Balaban J connectivity index is 1.06. The molecule has 0 saturated heterocycles. The highest BCUT2D eigenvalue weighted by atomic mass is 15.1. The topological polar surface area (TPSA) is 3.24 Å². The zero-order chi connectivity index (χ0) is 36.7. The van der Waals surface area contributed by atoms with Crippen molar-refractivity contribution in [3.8, 4) is 22.3 Å². The van der Waals surface area contributed by atoms with Crippen molar-refractivity contribution in [1.29, 1.82) is 0 Å². The number of hydrogen-bond donors (Lipinski definition) is 0. The molecular weight excluding hydrogens is 663 g/mol. The van der Waals surface area contributed by atoms with Crippen molar-refractivity contribution in [2.45, 2.75) is 88.9 Å². The van der Waals surface area contributed by atoms with Gasteiger partial charge in [-0.05, 0) is 147 Å². The number of fused-ring (bicyclic) bond motifs is 7. The molecule has 7 aromatic carbocycles. The van der Waals surface area contributed by atoms with Gasteiger partial charge in [0.2, 0.25) is 0 Å². The van der Waals surface area contributed by atoms with Gasteiger partial charge in [-0.15, -0.1) is 0 Å². The van der Waals surface area contributed by atoms with Crippen LogP contribution in [0.1, 0.15) is 106 Å². The van der Waals surface area contributed by atoms with Gasteiger partial charge < -0.3 is 4.90 Å². The van der Waals surface area contributed by atoms with Crippen LogP contribution in [-0.4, -0.2) is 0 Å². The molecule has 1 heteroatoms. The molecule has 0 aliphatic heterocycles. The van der Waals surface area contributed by atoms with Gasteiger partial charge in [0.1, 0.15) is 0 Å². The maximum absolute atomic E-state index is 2.55. The van der Waals surface area contributed by atoms with E-state index in [1.54, 1.807) is 0 Å². The third-order valence-electron chi connectivity index (χ3n) is 14.5. The van der Waals surface area contributed by atoms with Crippen molar-refractivity contribution < 1.29 is 0 Å². The van der Waals surface area contributed by atoms with E-state index in [1.165, 1.54) is 141 Å². The largest absolute Gasteiger partial charge is 0.310 e. The molecule has 0 spiro atoms. The summed E-state index contributed by atoms with van der Waals surface area (Å²) in [6.45, 7) is 4.85. The molecule has 0 radical (unpaired) electrons. The van der Waals surface area contributed by atoms with Crippen LogP contribution in [0.3, 0.4) is 0 Å². The standard InChI is InChI=1S/C54H51N/c1-54(2)50-19-10-18-47(46-17-8-14-37-13-6-7-16-44(37)46)53(50)48-30-28-43(34-51(48)54)55(42-26-23-38(24-27-42)49-32-35-21-22-41(49)31-35)52-20-9-15-40-33-39(25-29-45(40)52)36-11-4-3-5-12-36/h6-10,13-20,23-30,33-36,41,49H,3-5,11-12,21-22,31-32H2,1-2H3. The summed E-state index contributed by atoms with van der Waals surface area (Å²) in [4.78, 5) is 2.55. The minimum absolute atomic E-state index is 0.147. The van der Waals surface area contributed by atoms with Crippen molar-refractivity contribution in [3.05, 3.63) is 162 Å². The maximum Gasteiger partial charge on any atom is 0.0540 e. The van der Waals surface area contributed by atoms with Gasteiger partial charge in [-0.1, -0.05) is 149 Å². The number of hydrogen-bond acceptors (Lipinski definition) is 1. The van der Waals surface area contributed by atoms with E-state index in [1.807, 2.05) is 0 Å². The third-order valence-corrected chi connectivity index (χ3v) is 14.5. The van der Waals surface area contributed by atoms with E-state index < -0.39 is 0 Å². The fourth-order valence-electron chi connectivity index (χ4n) is 11.7. The smallest absolute Gasteiger partial charge is 0.0540 e. The second kappa shape index (κ2) is 13.0. The van der Waals surface area contributed by atoms with Gasteiger partial charge in [0, 0.05) is 22.2 Å². The minimum Gasteiger partial charge on any atom is -0.310 e. The Morgan fingerprint density at radius 1 is 0.509 bits per heavy atom. The highest BCUT2D eigenvalue weighted by Gasteiger charge is 2.40. The zero-order valence-corrected chi connectivity index (χ0v) is 32.4. The van der Waals surface area contributed by atoms with E-state index in [-0.39, 0.29) is 5.41 Å². The Bertz CT molecular complexity index is 2580. The summed E-state index contributed by atoms with van der Waals surface area (Å²) < 4.78 is 0. The Labute approximate surface area is 327 Å². The third kappa shape index (κ3) is 5.41. The molecule has 3 saturated carbocycles. The van der Waals surface area contributed by atoms with Crippen LogP contribution in [-0.2, 0) is 5.41 Å². The van der Waals surface area contributed by atoms with Crippen molar-refractivity contribution >= 4 is 38.6 Å². The van der Waals surface area contributed by atoms with Gasteiger partial charge in [0.15, 0.2) is 0 Å². The summed E-state index contributed by atoms with van der Waals surface area (Å²) in [5.41, 5.74) is 14.8. The van der Waals surface area contributed by atoms with Gasteiger partial charge >= 0.3 is 0 Å². The summed E-state index contributed by atoms with van der Waals surface area (Å²) in [7, 11) is 0. The number of rotatable bonds is 6. The molecule has 272 valence electrons. The molecule has 0 N–H and O–H groups in total. The molecule has 3 unspecified atom stereocenters. The lowest BCUT2D eigenvalue weighted by Crippen LogP contribution is -2.17. The van der Waals surface area contributed by atoms with E-state index >= 15 is 0 Å². The van der Waals surface area contributed by atoms with Gasteiger partial charge in [0.05, 0.1) is 5.69 Å². The van der Waals surface area contributed by atoms with Gasteiger partial charge in [-0.3, -0.25) is 0 Å². The average Bonchev–Trinajstić information content (AvgIpc) is 3.94. The summed E-state index contributed by atoms with van der Waals surface area (Å²) >= 11 is 0. The quantitative estimate of drug-likeness (QED) is 0.166. The molecule has 7 aromatic rings. The highest BCUT2D eigenvalue weighted by molar-refractivity contribution is 6.04. The molecule has 3 fully saturated rings. The van der Waals surface area contributed by atoms with Crippen LogP contribution in [0.5, 0.6) is 0 Å². The van der Waals surface area contributed by atoms with Crippen molar-refractivity contribution in [2.24, 2.45) is 11.8 Å². The summed E-state index contributed by atoms with van der Waals surface area (Å²) in [5.74, 6) is 3.24. The lowest BCUT2D eigenvalue weighted by Gasteiger charge is -2.30. The van der Waals surface area contributed by atoms with Gasteiger partial charge in [-0.2, -0.15) is 0 Å². The van der Waals surface area contributed by atoms with Gasteiger partial charge in [0.25, 0.3) is 0 Å². The van der Waals surface area contributed by atoms with Crippen LogP contribution >= 0.6 is 0 Å². The summed E-state index contributed by atoms with van der Waals surface area (Å²) in [6.07, 6.45) is 12.4. The number of nitrogens with zero attached hydrogens (tertiary/aromatic N) is 1. The Hall–Kier alpha value is -5.14. The average molecular weight is 714 g/mol. The molecule has 3 atom stereocenters. The zero-order valence-electron chi connectivity index (χ0n) is 32.4. The van der Waals surface area contributed by atoms with E-state index in [0.717, 1.165) is 17.8 Å². The van der Waals surface area contributed by atoms with Crippen LogP contribution in [0.4, 0.5) is 17.1 Å². The fourth-order valence-corrected chi connectivity index (χ4v) is 11.7. The first-order chi connectivity index (χ1) is 27.0. The molecule has 11 rings (SSSR count). The lowest BCUT2D eigenvalue weighted by molar-refractivity contribution is 0.420. The lowest BCUT2D eigenvalue weighted by atomic mass is 9.81. The minimum atomic E-state index is -0.147. The van der Waals surface area contributed by atoms with E-state index in [0.29, 0.717) is 5.92 Å². The Kier molecular flexibility index (Phi) is 7.84. The first-order valence-electron chi connectivity index (χ1n) is 21.2. The molecule has 55 heavy (non-hydrogen) atoms. The van der Waals surface area contributed by atoms with Crippen LogP contribution in [0, 0.1) is 11.8 Å². The second-order valence-corrected chi connectivity index (χ2v) is 17.9. The number of benzene rings is 7.